The van der Waals surface area contributed by atoms with Gasteiger partial charge in [0.2, 0.25) is 0 Å². The highest BCUT2D eigenvalue weighted by Crippen LogP contribution is 2.01. The molecule has 0 saturated carbocycles. The van der Waals surface area contributed by atoms with E-state index in [1.165, 1.54) is 0 Å². The first-order chi connectivity index (χ1) is 8.76. The van der Waals surface area contributed by atoms with Crippen LogP contribution in [0.15, 0.2) is 35.4 Å². The third-order valence-corrected chi connectivity index (χ3v) is 2.39. The van der Waals surface area contributed by atoms with Gasteiger partial charge in [0.15, 0.2) is 0 Å². The first-order valence-corrected chi connectivity index (χ1v) is 5.74. The van der Waals surface area contributed by atoms with Crippen LogP contribution in [0, 0.1) is 0 Å². The van der Waals surface area contributed by atoms with Crippen molar-refractivity contribution in [3.63, 3.8) is 0 Å². The van der Waals surface area contributed by atoms with E-state index in [1.807, 2.05) is 37.3 Å². The predicted octanol–water partition coefficient (Wildman–Crippen LogP) is 3.00. The number of alkyl carbamates (subject to hydrolysis) is 1. The lowest BCUT2D eigenvalue weighted by atomic mass is 10.2. The minimum absolute atomic E-state index is 0.191. The summed E-state index contributed by atoms with van der Waals surface area (Å²) in [6, 6.07) is 9.23. The zero-order valence-electron chi connectivity index (χ0n) is 10.2. The van der Waals surface area contributed by atoms with Crippen LogP contribution in [-0.2, 0) is 11.3 Å². The van der Waals surface area contributed by atoms with Gasteiger partial charge in [0.25, 0.3) is 0 Å². The lowest BCUT2D eigenvalue weighted by Gasteiger charge is -2.14. The summed E-state index contributed by atoms with van der Waals surface area (Å²) < 4.78 is 5.06. The molecule has 0 bridgehead atoms. The highest BCUT2D eigenvalue weighted by molar-refractivity contribution is 5.67. The van der Waals surface area contributed by atoms with Crippen LogP contribution in [0.5, 0.6) is 0 Å². The third-order valence-electron chi connectivity index (χ3n) is 2.39. The zero-order chi connectivity index (χ0) is 13.2. The molecule has 0 aliphatic carbocycles. The Balaban J connectivity index is 2.34. The normalized spacial score (nSPS) is 11.2. The first kappa shape index (κ1) is 13.9. The van der Waals surface area contributed by atoms with Crippen LogP contribution in [0.2, 0.25) is 0 Å². The molecular formula is C12H16N4O2. The van der Waals surface area contributed by atoms with Gasteiger partial charge < -0.3 is 10.1 Å². The van der Waals surface area contributed by atoms with Crippen molar-refractivity contribution in [2.75, 3.05) is 6.54 Å². The number of nitrogens with one attached hydrogen (secondary N) is 1. The van der Waals surface area contributed by atoms with Gasteiger partial charge in [-0.05, 0) is 17.5 Å². The van der Waals surface area contributed by atoms with Crippen LogP contribution >= 0.6 is 0 Å². The van der Waals surface area contributed by atoms with Crippen LogP contribution in [-0.4, -0.2) is 18.7 Å². The molecule has 1 N–H and O–H groups in total. The lowest BCUT2D eigenvalue weighted by molar-refractivity contribution is 0.135. The number of carbonyl (C=O) groups is 1. The predicted molar refractivity (Wildman–Crippen MR) is 67.9 cm³/mol. The number of hydrogen-bond donors (Lipinski definition) is 1. The van der Waals surface area contributed by atoms with Gasteiger partial charge in [-0.25, -0.2) is 4.79 Å². The van der Waals surface area contributed by atoms with Gasteiger partial charge in [0, 0.05) is 17.5 Å². The Morgan fingerprint density at radius 1 is 1.50 bits per heavy atom. The van der Waals surface area contributed by atoms with Crippen molar-refractivity contribution in [3.05, 3.63) is 46.3 Å². The van der Waals surface area contributed by atoms with Gasteiger partial charge in [0.05, 0.1) is 0 Å². The molecule has 0 radical (unpaired) electrons. The average molecular weight is 248 g/mol. The Labute approximate surface area is 106 Å². The van der Waals surface area contributed by atoms with Crippen molar-refractivity contribution in [2.24, 2.45) is 5.11 Å². The molecule has 0 unspecified atom stereocenters. The van der Waals surface area contributed by atoms with E-state index in [-0.39, 0.29) is 19.2 Å². The van der Waals surface area contributed by atoms with E-state index in [0.717, 1.165) is 5.56 Å². The average Bonchev–Trinajstić information content (AvgIpc) is 2.42. The van der Waals surface area contributed by atoms with E-state index < -0.39 is 6.09 Å². The quantitative estimate of drug-likeness (QED) is 0.476. The number of ether oxygens (including phenoxy) is 1. The van der Waals surface area contributed by atoms with Crippen molar-refractivity contribution >= 4 is 6.09 Å². The molecule has 18 heavy (non-hydrogen) atoms. The molecule has 0 aliphatic heterocycles. The second-order valence-corrected chi connectivity index (χ2v) is 3.72. The van der Waals surface area contributed by atoms with Crippen molar-refractivity contribution in [3.8, 4) is 0 Å². The van der Waals surface area contributed by atoms with Gasteiger partial charge >= 0.3 is 6.09 Å². The molecule has 0 aromatic heterocycles. The number of carbonyl (C=O) groups excluding carboxylic acids is 1. The SMILES string of the molecule is CC[C@@H](CN=[N+]=[N-])NC(=O)OCc1ccccc1. The number of rotatable bonds is 6. The lowest BCUT2D eigenvalue weighted by Crippen LogP contribution is -2.36. The fourth-order valence-electron chi connectivity index (χ4n) is 1.34. The maximum atomic E-state index is 11.5. The molecule has 1 aromatic rings. The van der Waals surface area contributed by atoms with E-state index >= 15 is 0 Å². The zero-order valence-corrected chi connectivity index (χ0v) is 10.2. The summed E-state index contributed by atoms with van der Waals surface area (Å²) >= 11 is 0. The molecule has 0 saturated heterocycles. The number of hydrogen-bond acceptors (Lipinski definition) is 3. The minimum Gasteiger partial charge on any atom is -0.445 e. The summed E-state index contributed by atoms with van der Waals surface area (Å²) in [5.74, 6) is 0. The van der Waals surface area contributed by atoms with Gasteiger partial charge in [0.1, 0.15) is 6.61 Å². The minimum atomic E-state index is -0.501. The summed E-state index contributed by atoms with van der Waals surface area (Å²) in [6.45, 7) is 2.35. The number of benzene rings is 1. The van der Waals surface area contributed by atoms with Crippen LogP contribution in [0.1, 0.15) is 18.9 Å². The standard InChI is InChI=1S/C12H16N4O2/c1-2-11(8-14-16-13)15-12(17)18-9-10-6-4-3-5-7-10/h3-7,11H,2,8-9H2,1H3,(H,15,17)/t11-/m0/s1. The van der Waals surface area contributed by atoms with E-state index in [4.69, 9.17) is 10.3 Å². The van der Waals surface area contributed by atoms with Gasteiger partial charge in [-0.3, -0.25) is 0 Å². The van der Waals surface area contributed by atoms with Crippen molar-refractivity contribution in [1.82, 2.24) is 5.32 Å². The molecule has 0 fully saturated rings. The van der Waals surface area contributed by atoms with Crippen molar-refractivity contribution < 1.29 is 9.53 Å². The molecule has 1 atom stereocenters. The Bertz CT molecular complexity index is 415. The molecule has 6 heteroatoms. The first-order valence-electron chi connectivity index (χ1n) is 5.74. The van der Waals surface area contributed by atoms with Crippen LogP contribution in [0.4, 0.5) is 4.79 Å². The Hall–Kier alpha value is -2.20. The van der Waals surface area contributed by atoms with E-state index in [1.54, 1.807) is 0 Å². The molecule has 0 aliphatic rings. The number of amides is 1. The fraction of sp³-hybridized carbons (Fsp3) is 0.417. The van der Waals surface area contributed by atoms with E-state index in [2.05, 4.69) is 15.3 Å². The van der Waals surface area contributed by atoms with Gasteiger partial charge in [-0.2, -0.15) is 0 Å². The molecule has 1 rings (SSSR count). The molecule has 1 amide bonds. The topological polar surface area (TPSA) is 87.1 Å². The molecular weight excluding hydrogens is 232 g/mol. The Kier molecular flexibility index (Phi) is 6.14. The monoisotopic (exact) mass is 248 g/mol. The van der Waals surface area contributed by atoms with E-state index in [0.29, 0.717) is 6.42 Å². The fourth-order valence-corrected chi connectivity index (χ4v) is 1.34. The summed E-state index contributed by atoms with van der Waals surface area (Å²) in [4.78, 5) is 14.1. The highest BCUT2D eigenvalue weighted by atomic mass is 16.5. The van der Waals surface area contributed by atoms with Gasteiger partial charge in [-0.15, -0.1) is 0 Å². The van der Waals surface area contributed by atoms with Crippen molar-refractivity contribution in [1.29, 1.82) is 0 Å². The summed E-state index contributed by atoms with van der Waals surface area (Å²) in [5, 5.41) is 6.07. The maximum Gasteiger partial charge on any atom is 0.407 e. The number of nitrogens with zero attached hydrogens (tertiary/aromatic N) is 3. The van der Waals surface area contributed by atoms with Crippen LogP contribution in [0.25, 0.3) is 10.4 Å². The van der Waals surface area contributed by atoms with Crippen molar-refractivity contribution in [2.45, 2.75) is 26.0 Å². The van der Waals surface area contributed by atoms with Gasteiger partial charge in [-0.1, -0.05) is 42.4 Å². The summed E-state index contributed by atoms with van der Waals surface area (Å²) in [6.07, 6.45) is 0.179. The Morgan fingerprint density at radius 2 is 2.22 bits per heavy atom. The second-order valence-electron chi connectivity index (χ2n) is 3.72. The molecule has 0 spiro atoms. The largest absolute Gasteiger partial charge is 0.445 e. The van der Waals surface area contributed by atoms with Crippen LogP contribution in [0.3, 0.4) is 0 Å². The number of azide groups is 1. The van der Waals surface area contributed by atoms with Crippen LogP contribution < -0.4 is 5.32 Å². The molecule has 6 nitrogen and oxygen atoms in total. The molecule has 1 aromatic carbocycles. The summed E-state index contributed by atoms with van der Waals surface area (Å²) in [7, 11) is 0. The highest BCUT2D eigenvalue weighted by Gasteiger charge is 2.10. The molecule has 96 valence electrons. The maximum absolute atomic E-state index is 11.5. The Morgan fingerprint density at radius 3 is 2.83 bits per heavy atom. The second kappa shape index (κ2) is 7.97. The molecule has 0 heterocycles. The summed E-state index contributed by atoms with van der Waals surface area (Å²) in [5.41, 5.74) is 9.14. The van der Waals surface area contributed by atoms with E-state index in [9.17, 15) is 4.79 Å². The third kappa shape index (κ3) is 5.23. The smallest absolute Gasteiger partial charge is 0.407 e.